The summed E-state index contributed by atoms with van der Waals surface area (Å²) in [5.74, 6) is 1.22. The van der Waals surface area contributed by atoms with Crippen LogP contribution in [0.4, 0.5) is 5.95 Å². The first-order valence-corrected chi connectivity index (χ1v) is 5.40. The van der Waals surface area contributed by atoms with Gasteiger partial charge >= 0.3 is 0 Å². The number of hydrogen-bond donors (Lipinski definition) is 2. The van der Waals surface area contributed by atoms with Gasteiger partial charge in [-0.2, -0.15) is 0 Å². The van der Waals surface area contributed by atoms with Crippen LogP contribution >= 0.6 is 0 Å². The first kappa shape index (κ1) is 11.9. The van der Waals surface area contributed by atoms with Crippen molar-refractivity contribution in [1.82, 2.24) is 20.2 Å². The fraction of sp³-hybridized carbons (Fsp3) is 0.889. The van der Waals surface area contributed by atoms with Crippen molar-refractivity contribution >= 4 is 5.95 Å². The van der Waals surface area contributed by atoms with Gasteiger partial charge < -0.3 is 11.1 Å². The van der Waals surface area contributed by atoms with E-state index in [1.807, 2.05) is 0 Å². The van der Waals surface area contributed by atoms with Gasteiger partial charge in [0.15, 0.2) is 0 Å². The molecule has 0 bridgehead atoms. The van der Waals surface area contributed by atoms with Crippen molar-refractivity contribution < 1.29 is 0 Å². The molecule has 0 amide bonds. The molecule has 1 heterocycles. The van der Waals surface area contributed by atoms with E-state index in [0.717, 1.165) is 12.8 Å². The molecule has 6 nitrogen and oxygen atoms in total. The summed E-state index contributed by atoms with van der Waals surface area (Å²) in [5, 5.41) is 14.3. The molecule has 15 heavy (non-hydrogen) atoms. The van der Waals surface area contributed by atoms with Gasteiger partial charge in [-0.15, -0.1) is 0 Å². The maximum Gasteiger partial charge on any atom is 0.242 e. The summed E-state index contributed by atoms with van der Waals surface area (Å²) < 4.78 is 1.60. The van der Waals surface area contributed by atoms with Crippen LogP contribution in [0.3, 0.4) is 0 Å². The minimum Gasteiger partial charge on any atom is -0.352 e. The molecule has 0 spiro atoms. The lowest BCUT2D eigenvalue weighted by molar-refractivity contribution is 0.406. The molecule has 1 aromatic rings. The van der Waals surface area contributed by atoms with Crippen LogP contribution < -0.4 is 11.1 Å². The van der Waals surface area contributed by atoms with Crippen LogP contribution in [0.1, 0.15) is 26.7 Å². The molecule has 0 saturated heterocycles. The van der Waals surface area contributed by atoms with E-state index in [0.29, 0.717) is 18.4 Å². The van der Waals surface area contributed by atoms with E-state index in [1.165, 1.54) is 0 Å². The summed E-state index contributed by atoms with van der Waals surface area (Å²) in [6.07, 6.45) is 2.22. The number of aromatic nitrogens is 4. The molecule has 0 radical (unpaired) electrons. The number of nitrogens with two attached hydrogens (primary N) is 1. The normalized spacial score (nSPS) is 13.1. The van der Waals surface area contributed by atoms with Gasteiger partial charge in [0.05, 0.1) is 0 Å². The summed E-state index contributed by atoms with van der Waals surface area (Å²) in [5.41, 5.74) is 6.07. The van der Waals surface area contributed by atoms with E-state index in [9.17, 15) is 0 Å². The van der Waals surface area contributed by atoms with Crippen LogP contribution in [0, 0.1) is 5.92 Å². The first-order valence-electron chi connectivity index (χ1n) is 5.40. The van der Waals surface area contributed by atoms with Crippen molar-refractivity contribution in [3.8, 4) is 0 Å². The maximum atomic E-state index is 6.07. The highest BCUT2D eigenvalue weighted by molar-refractivity contribution is 5.21. The highest BCUT2D eigenvalue weighted by Crippen LogP contribution is 2.11. The molecule has 0 aliphatic carbocycles. The van der Waals surface area contributed by atoms with E-state index >= 15 is 0 Å². The summed E-state index contributed by atoms with van der Waals surface area (Å²) in [4.78, 5) is 0. The Hall–Kier alpha value is -1.17. The Morgan fingerprint density at radius 2 is 2.07 bits per heavy atom. The molecule has 6 heteroatoms. The molecular weight excluding hydrogens is 192 g/mol. The number of anilines is 1. The molecule has 3 N–H and O–H groups in total. The quantitative estimate of drug-likeness (QED) is 0.712. The SMILES string of the molecule is CCC(CC)C(N)CNc1nnnn1C. The monoisotopic (exact) mass is 212 g/mol. The van der Waals surface area contributed by atoms with Crippen LogP contribution in [0.2, 0.25) is 0 Å². The van der Waals surface area contributed by atoms with Crippen LogP contribution in [-0.2, 0) is 7.05 Å². The minimum atomic E-state index is 0.150. The minimum absolute atomic E-state index is 0.150. The molecule has 1 atom stereocenters. The molecule has 0 fully saturated rings. The molecule has 0 aromatic carbocycles. The number of rotatable bonds is 6. The zero-order valence-corrected chi connectivity index (χ0v) is 9.64. The largest absolute Gasteiger partial charge is 0.352 e. The van der Waals surface area contributed by atoms with Crippen LogP contribution in [0.15, 0.2) is 0 Å². The number of hydrogen-bond acceptors (Lipinski definition) is 5. The summed E-state index contributed by atoms with van der Waals surface area (Å²) in [6, 6.07) is 0.150. The van der Waals surface area contributed by atoms with Crippen LogP contribution in [-0.4, -0.2) is 32.8 Å². The van der Waals surface area contributed by atoms with Crippen molar-refractivity contribution in [3.05, 3.63) is 0 Å². The van der Waals surface area contributed by atoms with Gasteiger partial charge in [-0.05, 0) is 16.3 Å². The lowest BCUT2D eigenvalue weighted by Gasteiger charge is -2.21. The predicted molar refractivity (Wildman–Crippen MR) is 59.3 cm³/mol. The van der Waals surface area contributed by atoms with Crippen molar-refractivity contribution in [2.45, 2.75) is 32.7 Å². The summed E-state index contributed by atoms with van der Waals surface area (Å²) in [7, 11) is 1.80. The second-order valence-corrected chi connectivity index (χ2v) is 3.75. The summed E-state index contributed by atoms with van der Waals surface area (Å²) >= 11 is 0. The van der Waals surface area contributed by atoms with Crippen molar-refractivity contribution in [1.29, 1.82) is 0 Å². The van der Waals surface area contributed by atoms with Gasteiger partial charge in [0.25, 0.3) is 0 Å². The Balaban J connectivity index is 2.40. The fourth-order valence-corrected chi connectivity index (χ4v) is 1.65. The van der Waals surface area contributed by atoms with Gasteiger partial charge in [-0.1, -0.05) is 31.8 Å². The van der Waals surface area contributed by atoms with Crippen molar-refractivity contribution in [3.63, 3.8) is 0 Å². The molecule has 0 aliphatic heterocycles. The van der Waals surface area contributed by atoms with Crippen LogP contribution in [0.5, 0.6) is 0 Å². The average Bonchev–Trinajstić information content (AvgIpc) is 2.63. The molecule has 1 rings (SSSR count). The summed E-state index contributed by atoms with van der Waals surface area (Å²) in [6.45, 7) is 5.04. The standard InChI is InChI=1S/C9H20N6/c1-4-7(5-2)8(10)6-11-9-12-13-14-15(9)3/h7-8H,4-6,10H2,1-3H3,(H,11,12,14). The Labute approximate surface area is 90.2 Å². The van der Waals surface area contributed by atoms with Crippen molar-refractivity contribution in [2.24, 2.45) is 18.7 Å². The smallest absolute Gasteiger partial charge is 0.242 e. The molecule has 1 unspecified atom stereocenters. The number of nitrogens with zero attached hydrogens (tertiary/aromatic N) is 4. The van der Waals surface area contributed by atoms with Gasteiger partial charge in [-0.25, -0.2) is 4.68 Å². The van der Waals surface area contributed by atoms with E-state index in [1.54, 1.807) is 11.7 Å². The Bertz CT molecular complexity index is 280. The van der Waals surface area contributed by atoms with E-state index in [-0.39, 0.29) is 6.04 Å². The fourth-order valence-electron chi connectivity index (χ4n) is 1.65. The van der Waals surface area contributed by atoms with E-state index in [4.69, 9.17) is 5.73 Å². The lowest BCUT2D eigenvalue weighted by atomic mass is 9.95. The third-order valence-corrected chi connectivity index (χ3v) is 2.77. The highest BCUT2D eigenvalue weighted by Gasteiger charge is 2.14. The first-order chi connectivity index (χ1) is 7.19. The molecule has 86 valence electrons. The number of nitrogens with one attached hydrogen (secondary N) is 1. The molecule has 0 saturated carbocycles. The molecule has 1 aromatic heterocycles. The Kier molecular flexibility index (Phi) is 4.48. The average molecular weight is 212 g/mol. The topological polar surface area (TPSA) is 81.7 Å². The Morgan fingerprint density at radius 1 is 1.40 bits per heavy atom. The number of aryl methyl sites for hydroxylation is 1. The van der Waals surface area contributed by atoms with Gasteiger partial charge in [0.1, 0.15) is 0 Å². The Morgan fingerprint density at radius 3 is 2.53 bits per heavy atom. The van der Waals surface area contributed by atoms with Gasteiger partial charge in [0, 0.05) is 19.6 Å². The maximum absolute atomic E-state index is 6.07. The van der Waals surface area contributed by atoms with Gasteiger partial charge in [0.2, 0.25) is 5.95 Å². The molecule has 0 aliphatic rings. The second kappa shape index (κ2) is 5.65. The number of tetrazole rings is 1. The second-order valence-electron chi connectivity index (χ2n) is 3.75. The highest BCUT2D eigenvalue weighted by atomic mass is 15.6. The zero-order chi connectivity index (χ0) is 11.3. The third kappa shape index (κ3) is 3.16. The lowest BCUT2D eigenvalue weighted by Crippen LogP contribution is -2.36. The van der Waals surface area contributed by atoms with E-state index < -0.39 is 0 Å². The molecular formula is C9H20N6. The zero-order valence-electron chi connectivity index (χ0n) is 9.64. The predicted octanol–water partition coefficient (Wildman–Crippen LogP) is 0.385. The third-order valence-electron chi connectivity index (χ3n) is 2.77. The van der Waals surface area contributed by atoms with Gasteiger partial charge in [-0.3, -0.25) is 0 Å². The van der Waals surface area contributed by atoms with Crippen LogP contribution in [0.25, 0.3) is 0 Å². The van der Waals surface area contributed by atoms with Crippen molar-refractivity contribution in [2.75, 3.05) is 11.9 Å². The van der Waals surface area contributed by atoms with E-state index in [2.05, 4.69) is 34.7 Å².